The third-order valence-corrected chi connectivity index (χ3v) is 1.53. The molecule has 1 unspecified atom stereocenters. The van der Waals surface area contributed by atoms with Crippen molar-refractivity contribution in [2.45, 2.75) is 25.4 Å². The molecule has 0 aromatic carbocycles. The molecule has 1 rings (SSSR count). The molecule has 0 spiro atoms. The molecule has 0 amide bonds. The first-order valence-corrected chi connectivity index (χ1v) is 3.31. The summed E-state index contributed by atoms with van der Waals surface area (Å²) < 4.78 is 5.00. The van der Waals surface area contributed by atoms with Crippen molar-refractivity contribution in [3.8, 4) is 0 Å². The standard InChI is InChI=1S/C6H10O4/c7-6(10-8)5-3-1-2-4-9-5/h5,8H,1-4H2. The molecule has 4 heteroatoms. The SMILES string of the molecule is O=C(OO)C1CCCCO1. The maximum atomic E-state index is 10.6. The van der Waals surface area contributed by atoms with E-state index in [0.29, 0.717) is 13.0 Å². The Morgan fingerprint density at radius 2 is 2.40 bits per heavy atom. The fourth-order valence-electron chi connectivity index (χ4n) is 0.985. The van der Waals surface area contributed by atoms with Crippen LogP contribution in [0.25, 0.3) is 0 Å². The van der Waals surface area contributed by atoms with Gasteiger partial charge in [0.2, 0.25) is 0 Å². The van der Waals surface area contributed by atoms with Gasteiger partial charge in [0, 0.05) is 6.61 Å². The average molecular weight is 146 g/mol. The van der Waals surface area contributed by atoms with Crippen molar-refractivity contribution in [1.82, 2.24) is 0 Å². The maximum absolute atomic E-state index is 10.6. The minimum absolute atomic E-state index is 0.543. The van der Waals surface area contributed by atoms with Gasteiger partial charge in [0.1, 0.15) is 0 Å². The van der Waals surface area contributed by atoms with E-state index in [2.05, 4.69) is 4.89 Å². The van der Waals surface area contributed by atoms with Crippen LogP contribution in [-0.4, -0.2) is 23.9 Å². The van der Waals surface area contributed by atoms with Gasteiger partial charge in [-0.2, -0.15) is 5.26 Å². The van der Waals surface area contributed by atoms with Crippen molar-refractivity contribution in [2.24, 2.45) is 0 Å². The van der Waals surface area contributed by atoms with Crippen molar-refractivity contribution in [1.29, 1.82) is 0 Å². The third-order valence-electron chi connectivity index (χ3n) is 1.53. The predicted octanol–water partition coefficient (Wildman–Crippen LogP) is 0.572. The Hall–Kier alpha value is -0.610. The lowest BCUT2D eigenvalue weighted by Crippen LogP contribution is -2.29. The molecule has 0 radical (unpaired) electrons. The Labute approximate surface area is 58.7 Å². The van der Waals surface area contributed by atoms with Crippen LogP contribution in [0.1, 0.15) is 19.3 Å². The van der Waals surface area contributed by atoms with E-state index >= 15 is 0 Å². The fourth-order valence-corrected chi connectivity index (χ4v) is 0.985. The summed E-state index contributed by atoms with van der Waals surface area (Å²) in [5.74, 6) is -0.681. The molecule has 0 aromatic rings. The summed E-state index contributed by atoms with van der Waals surface area (Å²) in [6.07, 6.45) is 2.05. The molecule has 1 fully saturated rings. The molecule has 0 aromatic heterocycles. The van der Waals surface area contributed by atoms with E-state index in [1.54, 1.807) is 0 Å². The van der Waals surface area contributed by atoms with Crippen LogP contribution in [0.15, 0.2) is 0 Å². The van der Waals surface area contributed by atoms with Gasteiger partial charge in [0.15, 0.2) is 6.10 Å². The molecular formula is C6H10O4. The highest BCUT2D eigenvalue weighted by Gasteiger charge is 2.23. The quantitative estimate of drug-likeness (QED) is 0.434. The molecule has 1 aliphatic heterocycles. The van der Waals surface area contributed by atoms with Crippen LogP contribution in [-0.2, 0) is 14.4 Å². The fraction of sp³-hybridized carbons (Fsp3) is 0.833. The minimum atomic E-state index is -0.681. The van der Waals surface area contributed by atoms with Gasteiger partial charge in [-0.1, -0.05) is 0 Å². The molecule has 58 valence electrons. The monoisotopic (exact) mass is 146 g/mol. The highest BCUT2D eigenvalue weighted by atomic mass is 17.1. The molecule has 1 N–H and O–H groups in total. The largest absolute Gasteiger partial charge is 0.370 e. The van der Waals surface area contributed by atoms with Gasteiger partial charge >= 0.3 is 5.97 Å². The minimum Gasteiger partial charge on any atom is -0.366 e. The summed E-state index contributed by atoms with van der Waals surface area (Å²) in [4.78, 5) is 14.1. The number of ether oxygens (including phenoxy) is 1. The molecule has 0 saturated carbocycles. The van der Waals surface area contributed by atoms with Crippen LogP contribution in [0, 0.1) is 0 Å². The highest BCUT2D eigenvalue weighted by Crippen LogP contribution is 2.13. The first-order chi connectivity index (χ1) is 4.84. The van der Waals surface area contributed by atoms with E-state index in [1.165, 1.54) is 0 Å². The zero-order valence-electron chi connectivity index (χ0n) is 5.58. The first-order valence-electron chi connectivity index (χ1n) is 3.31. The van der Waals surface area contributed by atoms with Crippen LogP contribution in [0.3, 0.4) is 0 Å². The van der Waals surface area contributed by atoms with Crippen LogP contribution in [0.5, 0.6) is 0 Å². The predicted molar refractivity (Wildman–Crippen MR) is 32.3 cm³/mol. The second kappa shape index (κ2) is 3.53. The summed E-state index contributed by atoms with van der Waals surface area (Å²) in [5.41, 5.74) is 0. The topological polar surface area (TPSA) is 55.8 Å². The molecule has 1 heterocycles. The van der Waals surface area contributed by atoms with Gasteiger partial charge in [-0.25, -0.2) is 4.79 Å². The van der Waals surface area contributed by atoms with E-state index in [4.69, 9.17) is 9.99 Å². The zero-order chi connectivity index (χ0) is 7.40. The van der Waals surface area contributed by atoms with Crippen molar-refractivity contribution < 1.29 is 19.7 Å². The molecule has 0 aliphatic carbocycles. The average Bonchev–Trinajstić information content (AvgIpc) is 2.05. The van der Waals surface area contributed by atoms with Gasteiger partial charge in [-0.15, -0.1) is 0 Å². The van der Waals surface area contributed by atoms with E-state index in [0.717, 1.165) is 12.8 Å². The van der Waals surface area contributed by atoms with Gasteiger partial charge in [-0.05, 0) is 19.3 Å². The van der Waals surface area contributed by atoms with E-state index < -0.39 is 12.1 Å². The molecule has 10 heavy (non-hydrogen) atoms. The van der Waals surface area contributed by atoms with E-state index in [9.17, 15) is 4.79 Å². The van der Waals surface area contributed by atoms with Crippen LogP contribution in [0.2, 0.25) is 0 Å². The Bertz CT molecular complexity index is 117. The van der Waals surface area contributed by atoms with Crippen LogP contribution >= 0.6 is 0 Å². The summed E-state index contributed by atoms with van der Waals surface area (Å²) in [5, 5.41) is 7.96. The Kier molecular flexibility index (Phi) is 2.65. The normalized spacial score (nSPS) is 25.9. The zero-order valence-corrected chi connectivity index (χ0v) is 5.58. The van der Waals surface area contributed by atoms with Crippen LogP contribution < -0.4 is 0 Å². The first kappa shape index (κ1) is 7.50. The molecule has 0 bridgehead atoms. The lowest BCUT2D eigenvalue weighted by molar-refractivity contribution is -0.246. The Morgan fingerprint density at radius 3 is 2.90 bits per heavy atom. The molecule has 1 atom stereocenters. The van der Waals surface area contributed by atoms with Gasteiger partial charge < -0.3 is 4.74 Å². The van der Waals surface area contributed by atoms with Crippen LogP contribution in [0.4, 0.5) is 0 Å². The van der Waals surface area contributed by atoms with Crippen molar-refractivity contribution in [3.63, 3.8) is 0 Å². The number of carbonyl (C=O) groups is 1. The molecule has 1 saturated heterocycles. The second-order valence-corrected chi connectivity index (χ2v) is 2.27. The van der Waals surface area contributed by atoms with Gasteiger partial charge in [-0.3, -0.25) is 4.89 Å². The lowest BCUT2D eigenvalue weighted by atomic mass is 10.1. The number of hydrogen-bond donors (Lipinski definition) is 1. The van der Waals surface area contributed by atoms with E-state index in [1.807, 2.05) is 0 Å². The van der Waals surface area contributed by atoms with Crippen molar-refractivity contribution >= 4 is 5.97 Å². The Morgan fingerprint density at radius 1 is 1.60 bits per heavy atom. The smallest absolute Gasteiger partial charge is 0.366 e. The van der Waals surface area contributed by atoms with Gasteiger partial charge in [0.05, 0.1) is 0 Å². The van der Waals surface area contributed by atoms with Gasteiger partial charge in [0.25, 0.3) is 0 Å². The molecular weight excluding hydrogens is 136 g/mol. The van der Waals surface area contributed by atoms with Crippen molar-refractivity contribution in [3.05, 3.63) is 0 Å². The van der Waals surface area contributed by atoms with Crippen molar-refractivity contribution in [2.75, 3.05) is 6.61 Å². The third kappa shape index (κ3) is 1.68. The lowest BCUT2D eigenvalue weighted by Gasteiger charge is -2.18. The highest BCUT2D eigenvalue weighted by molar-refractivity contribution is 5.73. The summed E-state index contributed by atoms with van der Waals surface area (Å²) in [6.45, 7) is 0.583. The summed E-state index contributed by atoms with van der Waals surface area (Å²) in [7, 11) is 0. The number of hydrogen-bond acceptors (Lipinski definition) is 4. The number of rotatable bonds is 1. The Balaban J connectivity index is 2.31. The summed E-state index contributed by atoms with van der Waals surface area (Å²) in [6, 6.07) is 0. The molecule has 4 nitrogen and oxygen atoms in total. The van der Waals surface area contributed by atoms with E-state index in [-0.39, 0.29) is 0 Å². The maximum Gasteiger partial charge on any atom is 0.370 e. The second-order valence-electron chi connectivity index (χ2n) is 2.27. The molecule has 1 aliphatic rings. The number of carbonyl (C=O) groups excluding carboxylic acids is 1. The summed E-state index contributed by atoms with van der Waals surface area (Å²) >= 11 is 0.